The predicted molar refractivity (Wildman–Crippen MR) is 87.1 cm³/mol. The summed E-state index contributed by atoms with van der Waals surface area (Å²) in [4.78, 5) is 0. The maximum absolute atomic E-state index is 2.19. The molecule has 0 N–H and O–H groups in total. The van der Waals surface area contributed by atoms with Crippen LogP contribution in [0.25, 0.3) is 0 Å². The van der Waals surface area contributed by atoms with Gasteiger partial charge >= 0.3 is 0 Å². The quantitative estimate of drug-likeness (QED) is 0.587. The minimum Gasteiger partial charge on any atom is -0.0564 e. The van der Waals surface area contributed by atoms with Crippen LogP contribution in [0.3, 0.4) is 0 Å². The van der Waals surface area contributed by atoms with E-state index in [4.69, 9.17) is 0 Å². The topological polar surface area (TPSA) is 0 Å². The first-order chi connectivity index (χ1) is 8.36. The SMILES string of the molecule is Cc1cc(C)cc(C)c1.Cc1cc(C)cc(C)c1.[B]. The van der Waals surface area contributed by atoms with Crippen molar-refractivity contribution in [3.05, 3.63) is 69.8 Å². The summed E-state index contributed by atoms with van der Waals surface area (Å²) >= 11 is 0. The summed E-state index contributed by atoms with van der Waals surface area (Å²) in [6, 6.07) is 13.1. The Labute approximate surface area is 120 Å². The number of hydrogen-bond donors (Lipinski definition) is 0. The molecule has 1 heteroatoms. The molecular weight excluding hydrogens is 227 g/mol. The Morgan fingerprint density at radius 3 is 0.579 bits per heavy atom. The van der Waals surface area contributed by atoms with Crippen LogP contribution in [0, 0.1) is 41.5 Å². The molecule has 0 fully saturated rings. The van der Waals surface area contributed by atoms with Crippen molar-refractivity contribution in [2.45, 2.75) is 41.5 Å². The molecule has 0 spiro atoms. The van der Waals surface area contributed by atoms with Crippen LogP contribution in [0.5, 0.6) is 0 Å². The summed E-state index contributed by atoms with van der Waals surface area (Å²) in [5.41, 5.74) is 8.13. The lowest BCUT2D eigenvalue weighted by Crippen LogP contribution is -1.78. The predicted octanol–water partition coefficient (Wildman–Crippen LogP) is 4.84. The molecule has 3 radical (unpaired) electrons. The molecule has 0 aliphatic rings. The molecule has 0 atom stereocenters. The lowest BCUT2D eigenvalue weighted by Gasteiger charge is -1.96. The van der Waals surface area contributed by atoms with Crippen LogP contribution in [0.15, 0.2) is 36.4 Å². The van der Waals surface area contributed by atoms with E-state index in [1.165, 1.54) is 33.4 Å². The van der Waals surface area contributed by atoms with E-state index < -0.39 is 0 Å². The maximum atomic E-state index is 2.19. The van der Waals surface area contributed by atoms with Gasteiger partial charge in [0.05, 0.1) is 0 Å². The zero-order chi connectivity index (χ0) is 13.7. The van der Waals surface area contributed by atoms with Crippen LogP contribution in [0.4, 0.5) is 0 Å². The fourth-order valence-corrected chi connectivity index (χ4v) is 2.40. The average Bonchev–Trinajstić information content (AvgIpc) is 2.12. The molecule has 2 aromatic carbocycles. The minimum atomic E-state index is 0. The van der Waals surface area contributed by atoms with E-state index >= 15 is 0 Å². The third-order valence-corrected chi connectivity index (χ3v) is 2.73. The van der Waals surface area contributed by atoms with Gasteiger partial charge in [0.1, 0.15) is 0 Å². The van der Waals surface area contributed by atoms with Crippen LogP contribution in [0.1, 0.15) is 33.4 Å². The molecule has 0 nitrogen and oxygen atoms in total. The molecule has 99 valence electrons. The highest BCUT2D eigenvalue weighted by molar-refractivity contribution is 5.75. The summed E-state index contributed by atoms with van der Waals surface area (Å²) in [6.45, 7) is 12.8. The van der Waals surface area contributed by atoms with Crippen LogP contribution in [-0.4, -0.2) is 8.41 Å². The van der Waals surface area contributed by atoms with Gasteiger partial charge in [0.2, 0.25) is 0 Å². The van der Waals surface area contributed by atoms with Gasteiger partial charge in [-0.2, -0.15) is 0 Å². The number of benzene rings is 2. The van der Waals surface area contributed by atoms with E-state index in [-0.39, 0.29) is 8.41 Å². The fraction of sp³-hybridized carbons (Fsp3) is 0.333. The van der Waals surface area contributed by atoms with Gasteiger partial charge in [0, 0.05) is 8.41 Å². The monoisotopic (exact) mass is 251 g/mol. The van der Waals surface area contributed by atoms with Gasteiger partial charge in [0.25, 0.3) is 0 Å². The first-order valence-corrected chi connectivity index (χ1v) is 6.46. The van der Waals surface area contributed by atoms with Crippen molar-refractivity contribution in [3.8, 4) is 0 Å². The van der Waals surface area contributed by atoms with Crippen LogP contribution >= 0.6 is 0 Å². The fourth-order valence-electron chi connectivity index (χ4n) is 2.40. The van der Waals surface area contributed by atoms with Crippen molar-refractivity contribution < 1.29 is 0 Å². The van der Waals surface area contributed by atoms with E-state index in [0.717, 1.165) is 0 Å². The lowest BCUT2D eigenvalue weighted by atomic mass is 10.1. The van der Waals surface area contributed by atoms with Crippen LogP contribution < -0.4 is 0 Å². The smallest absolute Gasteiger partial charge is 0 e. The summed E-state index contributed by atoms with van der Waals surface area (Å²) < 4.78 is 0. The molecular formula is C18H24B. The van der Waals surface area contributed by atoms with Gasteiger partial charge in [0.15, 0.2) is 0 Å². The molecule has 0 amide bonds. The lowest BCUT2D eigenvalue weighted by molar-refractivity contribution is 1.32. The Bertz CT molecular complexity index is 377. The Morgan fingerprint density at radius 1 is 0.368 bits per heavy atom. The van der Waals surface area contributed by atoms with E-state index in [0.29, 0.717) is 0 Å². The van der Waals surface area contributed by atoms with Crippen LogP contribution in [0.2, 0.25) is 0 Å². The van der Waals surface area contributed by atoms with Crippen molar-refractivity contribution in [2.24, 2.45) is 0 Å². The summed E-state index contributed by atoms with van der Waals surface area (Å²) in [5.74, 6) is 0. The van der Waals surface area contributed by atoms with Gasteiger partial charge in [-0.15, -0.1) is 0 Å². The first kappa shape index (κ1) is 17.5. The largest absolute Gasteiger partial charge is 0.0564 e. The molecule has 0 heterocycles. The Kier molecular flexibility index (Phi) is 7.22. The normalized spacial score (nSPS) is 9.16. The first-order valence-electron chi connectivity index (χ1n) is 6.46. The van der Waals surface area contributed by atoms with Gasteiger partial charge in [-0.25, -0.2) is 0 Å². The van der Waals surface area contributed by atoms with E-state index in [1.807, 2.05) is 0 Å². The second kappa shape index (κ2) is 7.83. The molecule has 0 aromatic heterocycles. The average molecular weight is 251 g/mol. The van der Waals surface area contributed by atoms with Crippen molar-refractivity contribution in [3.63, 3.8) is 0 Å². The molecule has 0 saturated carbocycles. The van der Waals surface area contributed by atoms with Crippen molar-refractivity contribution in [1.82, 2.24) is 0 Å². The number of rotatable bonds is 0. The second-order valence-corrected chi connectivity index (χ2v) is 5.33. The third kappa shape index (κ3) is 6.86. The maximum Gasteiger partial charge on any atom is 0 e. The van der Waals surface area contributed by atoms with E-state index in [1.54, 1.807) is 0 Å². The molecule has 0 bridgehead atoms. The Balaban J connectivity index is 0.000000324. The minimum absolute atomic E-state index is 0. The molecule has 0 unspecified atom stereocenters. The molecule has 0 aliphatic carbocycles. The van der Waals surface area contributed by atoms with Gasteiger partial charge in [-0.05, 0) is 41.5 Å². The summed E-state index contributed by atoms with van der Waals surface area (Å²) in [7, 11) is 0. The number of hydrogen-bond acceptors (Lipinski definition) is 0. The standard InChI is InChI=1S/2C9H12.B/c2*1-7-4-8(2)6-9(3)5-7;/h2*4-6H,1-3H3;. The number of aryl methyl sites for hydroxylation is 6. The molecule has 0 aliphatic heterocycles. The second-order valence-electron chi connectivity index (χ2n) is 5.33. The van der Waals surface area contributed by atoms with Crippen LogP contribution in [-0.2, 0) is 0 Å². The van der Waals surface area contributed by atoms with E-state index in [2.05, 4.69) is 77.9 Å². The molecule has 2 aromatic rings. The summed E-state index contributed by atoms with van der Waals surface area (Å²) in [6.07, 6.45) is 0. The summed E-state index contributed by atoms with van der Waals surface area (Å²) in [5, 5.41) is 0. The van der Waals surface area contributed by atoms with E-state index in [9.17, 15) is 0 Å². The van der Waals surface area contributed by atoms with Crippen molar-refractivity contribution >= 4 is 8.41 Å². The third-order valence-electron chi connectivity index (χ3n) is 2.73. The van der Waals surface area contributed by atoms with Gasteiger partial charge < -0.3 is 0 Å². The zero-order valence-corrected chi connectivity index (χ0v) is 13.0. The van der Waals surface area contributed by atoms with Gasteiger partial charge in [-0.1, -0.05) is 69.8 Å². The molecule has 0 saturated heterocycles. The highest BCUT2D eigenvalue weighted by Gasteiger charge is 1.88. The van der Waals surface area contributed by atoms with Crippen molar-refractivity contribution in [2.75, 3.05) is 0 Å². The molecule has 2 rings (SSSR count). The Hall–Kier alpha value is -1.50. The highest BCUT2D eigenvalue weighted by Crippen LogP contribution is 2.07. The van der Waals surface area contributed by atoms with Gasteiger partial charge in [-0.3, -0.25) is 0 Å². The van der Waals surface area contributed by atoms with Crippen molar-refractivity contribution in [1.29, 1.82) is 0 Å². The molecule has 19 heavy (non-hydrogen) atoms. The highest BCUT2D eigenvalue weighted by atomic mass is 13.9. The Morgan fingerprint density at radius 2 is 0.474 bits per heavy atom. The zero-order valence-electron chi connectivity index (χ0n) is 13.0.